The Labute approximate surface area is 188 Å². The molecular formula is C28H36N2O. The topological polar surface area (TPSA) is 33.6 Å². The van der Waals surface area contributed by atoms with Crippen LogP contribution in [0.5, 0.6) is 0 Å². The van der Waals surface area contributed by atoms with Gasteiger partial charge in [-0.2, -0.15) is 0 Å². The number of benzene rings is 2. The predicted octanol–water partition coefficient (Wildman–Crippen LogP) is 6.98. The maximum absolute atomic E-state index is 5.27. The van der Waals surface area contributed by atoms with Crippen molar-refractivity contribution in [3.05, 3.63) is 88.8 Å². The van der Waals surface area contributed by atoms with Crippen LogP contribution in [0, 0.1) is 19.8 Å². The molecule has 0 aliphatic carbocycles. The average Bonchev–Trinajstić information content (AvgIpc) is 2.72. The fraction of sp³-hybridized carbons (Fsp3) is 0.393. The Morgan fingerprint density at radius 2 is 1.94 bits per heavy atom. The van der Waals surface area contributed by atoms with E-state index < -0.39 is 0 Å². The Morgan fingerprint density at radius 1 is 1.19 bits per heavy atom. The first-order chi connectivity index (χ1) is 15.0. The van der Waals surface area contributed by atoms with Crippen LogP contribution < -0.4 is 5.32 Å². The Hall–Kier alpha value is -2.65. The van der Waals surface area contributed by atoms with Crippen LogP contribution in [0.4, 0.5) is 5.69 Å². The van der Waals surface area contributed by atoms with Gasteiger partial charge in [0.25, 0.3) is 0 Å². The first kappa shape index (κ1) is 23.0. The molecule has 164 valence electrons. The molecule has 3 nitrogen and oxygen atoms in total. The average molecular weight is 417 g/mol. The zero-order valence-electron chi connectivity index (χ0n) is 19.4. The first-order valence-electron chi connectivity index (χ1n) is 11.4. The third-order valence-electron chi connectivity index (χ3n) is 6.13. The van der Waals surface area contributed by atoms with Crippen LogP contribution in [0.25, 0.3) is 0 Å². The lowest BCUT2D eigenvalue weighted by Gasteiger charge is -2.28. The minimum Gasteiger partial charge on any atom is -0.380 e. The van der Waals surface area contributed by atoms with Crippen molar-refractivity contribution in [2.45, 2.75) is 52.9 Å². The van der Waals surface area contributed by atoms with Gasteiger partial charge < -0.3 is 10.1 Å². The van der Waals surface area contributed by atoms with Gasteiger partial charge in [0, 0.05) is 35.1 Å². The summed E-state index contributed by atoms with van der Waals surface area (Å²) in [6, 6.07) is 15.4. The molecule has 1 aliphatic heterocycles. The van der Waals surface area contributed by atoms with Gasteiger partial charge in [-0.25, -0.2) is 0 Å². The summed E-state index contributed by atoms with van der Waals surface area (Å²) >= 11 is 0. The summed E-state index contributed by atoms with van der Waals surface area (Å²) in [7, 11) is 0. The van der Waals surface area contributed by atoms with E-state index in [1.54, 1.807) is 0 Å². The van der Waals surface area contributed by atoms with Gasteiger partial charge in [-0.3, -0.25) is 4.99 Å². The molecule has 1 unspecified atom stereocenters. The third-order valence-corrected chi connectivity index (χ3v) is 6.13. The van der Waals surface area contributed by atoms with Crippen molar-refractivity contribution >= 4 is 11.9 Å². The number of rotatable bonds is 10. The summed E-state index contributed by atoms with van der Waals surface area (Å²) in [5, 5.41) is 3.43. The molecule has 0 amide bonds. The van der Waals surface area contributed by atoms with Gasteiger partial charge >= 0.3 is 0 Å². The molecule has 0 aromatic heterocycles. The van der Waals surface area contributed by atoms with Crippen LogP contribution in [0.15, 0.2) is 71.5 Å². The number of nitrogens with one attached hydrogen (secondary N) is 1. The first-order valence-corrected chi connectivity index (χ1v) is 11.4. The fourth-order valence-corrected chi connectivity index (χ4v) is 3.94. The normalized spacial score (nSPS) is 15.7. The Bertz CT molecular complexity index is 936. The number of nitrogens with zero attached hydrogens (tertiary/aromatic N) is 1. The molecule has 1 heterocycles. The van der Waals surface area contributed by atoms with Gasteiger partial charge in [-0.05, 0) is 68.0 Å². The second-order valence-corrected chi connectivity index (χ2v) is 8.43. The van der Waals surface area contributed by atoms with Gasteiger partial charge in [-0.15, -0.1) is 0 Å². The number of hydrogen-bond donors (Lipinski definition) is 1. The molecule has 0 saturated carbocycles. The predicted molar refractivity (Wildman–Crippen MR) is 133 cm³/mol. The number of aliphatic imine (C=N–C) groups is 1. The van der Waals surface area contributed by atoms with E-state index in [4.69, 9.17) is 9.73 Å². The molecule has 2 aromatic carbocycles. The van der Waals surface area contributed by atoms with Gasteiger partial charge in [0.15, 0.2) is 0 Å². The molecule has 1 atom stereocenters. The number of unbranched alkanes of at least 4 members (excludes halogenated alkanes) is 1. The summed E-state index contributed by atoms with van der Waals surface area (Å²) in [6.45, 7) is 14.3. The Morgan fingerprint density at radius 3 is 2.55 bits per heavy atom. The zero-order chi connectivity index (χ0) is 22.2. The molecule has 0 bridgehead atoms. The largest absolute Gasteiger partial charge is 0.380 e. The summed E-state index contributed by atoms with van der Waals surface area (Å²) in [5.41, 5.74) is 8.65. The van der Waals surface area contributed by atoms with E-state index in [0.717, 1.165) is 43.9 Å². The Balaban J connectivity index is 1.85. The van der Waals surface area contributed by atoms with Gasteiger partial charge in [-0.1, -0.05) is 56.3 Å². The number of ether oxygens (including phenoxy) is 1. The molecule has 2 aromatic rings. The van der Waals surface area contributed by atoms with E-state index in [0.29, 0.717) is 5.92 Å². The van der Waals surface area contributed by atoms with Crippen molar-refractivity contribution in [3.63, 3.8) is 0 Å². The molecule has 0 radical (unpaired) electrons. The van der Waals surface area contributed by atoms with Gasteiger partial charge in [0.1, 0.15) is 0 Å². The minimum atomic E-state index is 0.239. The zero-order valence-corrected chi connectivity index (χ0v) is 19.4. The molecule has 1 saturated heterocycles. The Kier molecular flexibility index (Phi) is 8.25. The molecule has 1 N–H and O–H groups in total. The van der Waals surface area contributed by atoms with Crippen LogP contribution >= 0.6 is 0 Å². The lowest BCUT2D eigenvalue weighted by molar-refractivity contribution is -0.0125. The summed E-state index contributed by atoms with van der Waals surface area (Å²) in [5.74, 6) is 0.662. The lowest BCUT2D eigenvalue weighted by Crippen LogP contribution is -2.31. The highest BCUT2D eigenvalue weighted by molar-refractivity contribution is 5.56. The third kappa shape index (κ3) is 5.95. The SMILES string of the molecule is C=C(Nc1ccc(CC(/C(=C/CCC)N=CC)c2cccc(C)c2C)cc1)C1COC1. The van der Waals surface area contributed by atoms with Crippen molar-refractivity contribution in [2.75, 3.05) is 18.5 Å². The minimum absolute atomic E-state index is 0.239. The quantitative estimate of drug-likeness (QED) is 0.424. The molecule has 31 heavy (non-hydrogen) atoms. The van der Waals surface area contributed by atoms with E-state index in [1.165, 1.54) is 28.0 Å². The van der Waals surface area contributed by atoms with Gasteiger partial charge in [0.05, 0.1) is 13.2 Å². The summed E-state index contributed by atoms with van der Waals surface area (Å²) < 4.78 is 5.27. The van der Waals surface area contributed by atoms with E-state index >= 15 is 0 Å². The van der Waals surface area contributed by atoms with Crippen molar-refractivity contribution in [2.24, 2.45) is 10.9 Å². The van der Waals surface area contributed by atoms with Crippen molar-refractivity contribution < 1.29 is 4.74 Å². The second kappa shape index (κ2) is 11.1. The lowest BCUT2D eigenvalue weighted by atomic mass is 9.85. The van der Waals surface area contributed by atoms with Crippen LogP contribution in [0.2, 0.25) is 0 Å². The number of anilines is 1. The fourth-order valence-electron chi connectivity index (χ4n) is 3.94. The highest BCUT2D eigenvalue weighted by Gasteiger charge is 2.22. The van der Waals surface area contributed by atoms with Crippen LogP contribution in [0.1, 0.15) is 54.9 Å². The van der Waals surface area contributed by atoms with E-state index in [-0.39, 0.29) is 5.92 Å². The highest BCUT2D eigenvalue weighted by atomic mass is 16.5. The molecule has 3 heteroatoms. The van der Waals surface area contributed by atoms with E-state index in [9.17, 15) is 0 Å². The maximum Gasteiger partial charge on any atom is 0.0571 e. The summed E-state index contributed by atoms with van der Waals surface area (Å²) in [4.78, 5) is 4.80. The van der Waals surface area contributed by atoms with Crippen molar-refractivity contribution in [1.29, 1.82) is 0 Å². The molecule has 1 fully saturated rings. The molecular weight excluding hydrogens is 380 g/mol. The highest BCUT2D eigenvalue weighted by Crippen LogP contribution is 2.33. The molecule has 0 spiro atoms. The molecule has 1 aliphatic rings. The number of aryl methyl sites for hydroxylation is 1. The number of hydrogen-bond acceptors (Lipinski definition) is 3. The monoisotopic (exact) mass is 416 g/mol. The summed E-state index contributed by atoms with van der Waals surface area (Å²) in [6.07, 6.45) is 7.33. The van der Waals surface area contributed by atoms with Crippen LogP contribution in [-0.2, 0) is 11.2 Å². The van der Waals surface area contributed by atoms with Crippen molar-refractivity contribution in [1.82, 2.24) is 0 Å². The van der Waals surface area contributed by atoms with E-state index in [2.05, 4.69) is 81.2 Å². The van der Waals surface area contributed by atoms with Crippen LogP contribution in [0.3, 0.4) is 0 Å². The number of allylic oxidation sites excluding steroid dienone is 2. The molecule has 3 rings (SSSR count). The van der Waals surface area contributed by atoms with Crippen molar-refractivity contribution in [3.8, 4) is 0 Å². The standard InChI is InChI=1S/C28H36N2O/c1-6-8-12-28(29-7-2)27(26-11-9-10-20(3)21(26)4)17-23-13-15-25(16-14-23)30-22(5)24-18-31-19-24/h7,9-16,24,27,30H,5-6,8,17-19H2,1-4H3/b28-12-,29-7?. The van der Waals surface area contributed by atoms with Crippen LogP contribution in [-0.4, -0.2) is 19.4 Å². The maximum atomic E-state index is 5.27. The smallest absolute Gasteiger partial charge is 0.0571 e. The van der Waals surface area contributed by atoms with E-state index in [1.807, 2.05) is 13.1 Å². The van der Waals surface area contributed by atoms with Gasteiger partial charge in [0.2, 0.25) is 0 Å². The second-order valence-electron chi connectivity index (χ2n) is 8.43.